The van der Waals surface area contributed by atoms with Gasteiger partial charge in [0.05, 0.1) is 12.0 Å². The molecule has 3 aromatic rings. The van der Waals surface area contributed by atoms with Gasteiger partial charge in [-0.15, -0.1) is 0 Å². The first kappa shape index (κ1) is 16.9. The molecular weight excluding hydrogens is 312 g/mol. The van der Waals surface area contributed by atoms with Gasteiger partial charge >= 0.3 is 0 Å². The highest BCUT2D eigenvalue weighted by molar-refractivity contribution is 6.16. The van der Waals surface area contributed by atoms with Crippen LogP contribution >= 0.6 is 0 Å². The van der Waals surface area contributed by atoms with E-state index in [1.54, 1.807) is 13.0 Å². The Balaban J connectivity index is 1.92. The number of hydrogen-bond donors (Lipinski definition) is 1. The lowest BCUT2D eigenvalue weighted by Crippen LogP contribution is -2.11. The second-order valence-electron chi connectivity index (χ2n) is 6.51. The number of benzene rings is 3. The molecule has 3 heteroatoms. The van der Waals surface area contributed by atoms with E-state index in [2.05, 4.69) is 0 Å². The van der Waals surface area contributed by atoms with Crippen LogP contribution in [-0.4, -0.2) is 16.7 Å². The molecule has 0 aliphatic heterocycles. The number of phenols is 1. The number of carbonyl (C=O) groups is 2. The van der Waals surface area contributed by atoms with Crippen LogP contribution in [0.4, 0.5) is 0 Å². The average molecular weight is 332 g/mol. The van der Waals surface area contributed by atoms with Crippen LogP contribution < -0.4 is 0 Å². The fourth-order valence-electron chi connectivity index (χ4n) is 3.29. The Kier molecular flexibility index (Phi) is 4.41. The van der Waals surface area contributed by atoms with Gasteiger partial charge in [0.2, 0.25) is 0 Å². The molecule has 0 atom stereocenters. The standard InChI is InChI=1S/C22H20O3/c1-13-8-15(3)22(20(24)9-13)21(25)12-19(23)18-11-17-7-5-4-6-16(17)10-14(18)2/h4-11,24H,12H2,1-3H3. The van der Waals surface area contributed by atoms with Crippen molar-refractivity contribution >= 4 is 22.3 Å². The Labute approximate surface area is 146 Å². The summed E-state index contributed by atoms with van der Waals surface area (Å²) in [6.07, 6.45) is -0.253. The molecule has 25 heavy (non-hydrogen) atoms. The lowest BCUT2D eigenvalue weighted by molar-refractivity contribution is 0.0892. The van der Waals surface area contributed by atoms with E-state index in [-0.39, 0.29) is 29.3 Å². The van der Waals surface area contributed by atoms with E-state index >= 15 is 0 Å². The fraction of sp³-hybridized carbons (Fsp3) is 0.182. The summed E-state index contributed by atoms with van der Waals surface area (Å²) in [6, 6.07) is 15.0. The molecule has 0 aliphatic rings. The molecule has 1 N–H and O–H groups in total. The van der Waals surface area contributed by atoms with Crippen molar-refractivity contribution in [1.82, 2.24) is 0 Å². The van der Waals surface area contributed by atoms with Crippen LogP contribution in [0, 0.1) is 20.8 Å². The number of hydrogen-bond acceptors (Lipinski definition) is 3. The maximum atomic E-state index is 12.7. The second-order valence-corrected chi connectivity index (χ2v) is 6.51. The van der Waals surface area contributed by atoms with Crippen molar-refractivity contribution < 1.29 is 14.7 Å². The fourth-order valence-corrected chi connectivity index (χ4v) is 3.29. The van der Waals surface area contributed by atoms with Gasteiger partial charge in [-0.1, -0.05) is 36.4 Å². The van der Waals surface area contributed by atoms with E-state index in [0.717, 1.165) is 21.9 Å². The van der Waals surface area contributed by atoms with Gasteiger partial charge in [0.1, 0.15) is 5.75 Å². The van der Waals surface area contributed by atoms with E-state index in [4.69, 9.17) is 0 Å². The Bertz CT molecular complexity index is 976. The SMILES string of the molecule is Cc1cc(C)c(C(=O)CC(=O)c2cc3ccccc3cc2C)c(O)c1. The quantitative estimate of drug-likeness (QED) is 0.544. The summed E-state index contributed by atoms with van der Waals surface area (Å²) in [6.45, 7) is 5.50. The van der Waals surface area contributed by atoms with Crippen LogP contribution in [0.2, 0.25) is 0 Å². The topological polar surface area (TPSA) is 54.4 Å². The highest BCUT2D eigenvalue weighted by atomic mass is 16.3. The van der Waals surface area contributed by atoms with Gasteiger partial charge in [0.15, 0.2) is 11.6 Å². The summed E-state index contributed by atoms with van der Waals surface area (Å²) in [4.78, 5) is 25.3. The molecule has 0 saturated carbocycles. The summed E-state index contributed by atoms with van der Waals surface area (Å²) in [5.41, 5.74) is 3.20. The minimum Gasteiger partial charge on any atom is -0.507 e. The summed E-state index contributed by atoms with van der Waals surface area (Å²) in [5, 5.41) is 12.1. The molecule has 0 unspecified atom stereocenters. The molecule has 3 nitrogen and oxygen atoms in total. The number of fused-ring (bicyclic) bond motifs is 1. The minimum atomic E-state index is -0.354. The molecule has 0 saturated heterocycles. The maximum absolute atomic E-state index is 12.7. The summed E-state index contributed by atoms with van der Waals surface area (Å²) < 4.78 is 0. The highest BCUT2D eigenvalue weighted by Crippen LogP contribution is 2.26. The molecule has 0 radical (unpaired) electrons. The molecule has 3 aromatic carbocycles. The Morgan fingerprint density at radius 1 is 0.840 bits per heavy atom. The van der Waals surface area contributed by atoms with Gasteiger partial charge in [-0.2, -0.15) is 0 Å². The number of carbonyl (C=O) groups excluding carboxylic acids is 2. The van der Waals surface area contributed by atoms with Gasteiger partial charge in [0.25, 0.3) is 0 Å². The van der Waals surface area contributed by atoms with Gasteiger partial charge in [-0.3, -0.25) is 9.59 Å². The third-order valence-corrected chi connectivity index (χ3v) is 4.45. The Hall–Kier alpha value is -2.94. The van der Waals surface area contributed by atoms with Crippen LogP contribution in [0.1, 0.15) is 43.8 Å². The zero-order valence-electron chi connectivity index (χ0n) is 14.6. The van der Waals surface area contributed by atoms with E-state index in [1.807, 2.05) is 56.3 Å². The molecule has 0 spiro atoms. The number of rotatable bonds is 4. The Morgan fingerprint density at radius 3 is 2.12 bits per heavy atom. The largest absolute Gasteiger partial charge is 0.507 e. The number of aryl methyl sites for hydroxylation is 3. The van der Waals surface area contributed by atoms with Gasteiger partial charge < -0.3 is 5.11 Å². The lowest BCUT2D eigenvalue weighted by atomic mass is 9.93. The smallest absolute Gasteiger partial charge is 0.174 e. The predicted octanol–water partition coefficient (Wildman–Crippen LogP) is 4.93. The summed E-state index contributed by atoms with van der Waals surface area (Å²) in [7, 11) is 0. The molecule has 0 amide bonds. The Morgan fingerprint density at radius 2 is 1.48 bits per heavy atom. The second kappa shape index (κ2) is 6.52. The first-order valence-corrected chi connectivity index (χ1v) is 8.23. The van der Waals surface area contributed by atoms with E-state index < -0.39 is 0 Å². The number of ketones is 2. The van der Waals surface area contributed by atoms with Crippen molar-refractivity contribution in [2.75, 3.05) is 0 Å². The molecule has 0 aromatic heterocycles. The van der Waals surface area contributed by atoms with Crippen molar-refractivity contribution in [2.45, 2.75) is 27.2 Å². The van der Waals surface area contributed by atoms with Crippen LogP contribution in [0.15, 0.2) is 48.5 Å². The van der Waals surface area contributed by atoms with Crippen LogP contribution in [-0.2, 0) is 0 Å². The van der Waals surface area contributed by atoms with Crippen LogP contribution in [0.5, 0.6) is 5.75 Å². The van der Waals surface area contributed by atoms with E-state index in [9.17, 15) is 14.7 Å². The van der Waals surface area contributed by atoms with Gasteiger partial charge in [-0.25, -0.2) is 0 Å². The van der Waals surface area contributed by atoms with Crippen molar-refractivity contribution in [3.05, 3.63) is 76.3 Å². The normalized spacial score (nSPS) is 10.8. The maximum Gasteiger partial charge on any atom is 0.174 e. The molecule has 126 valence electrons. The summed E-state index contributed by atoms with van der Waals surface area (Å²) >= 11 is 0. The van der Waals surface area contributed by atoms with Crippen LogP contribution in [0.3, 0.4) is 0 Å². The van der Waals surface area contributed by atoms with Gasteiger partial charge in [0, 0.05) is 5.56 Å². The van der Waals surface area contributed by atoms with Crippen molar-refractivity contribution in [3.63, 3.8) is 0 Å². The van der Waals surface area contributed by atoms with E-state index in [1.165, 1.54) is 0 Å². The number of Topliss-reactive ketones (excluding diaryl/α,β-unsaturated/α-hetero) is 2. The molecule has 0 aliphatic carbocycles. The molecule has 3 rings (SSSR count). The third-order valence-electron chi connectivity index (χ3n) is 4.45. The molecule has 0 bridgehead atoms. The van der Waals surface area contributed by atoms with Crippen molar-refractivity contribution in [1.29, 1.82) is 0 Å². The predicted molar refractivity (Wildman–Crippen MR) is 99.5 cm³/mol. The number of phenolic OH excluding ortho intramolecular Hbond substituents is 1. The zero-order valence-corrected chi connectivity index (χ0v) is 14.6. The van der Waals surface area contributed by atoms with Crippen LogP contribution in [0.25, 0.3) is 10.8 Å². The zero-order chi connectivity index (χ0) is 18.1. The molecule has 0 fully saturated rings. The number of aromatic hydroxyl groups is 1. The van der Waals surface area contributed by atoms with Crippen molar-refractivity contribution in [2.24, 2.45) is 0 Å². The third kappa shape index (κ3) is 3.31. The lowest BCUT2D eigenvalue weighted by Gasteiger charge is -2.10. The molecular formula is C22H20O3. The summed E-state index contributed by atoms with van der Waals surface area (Å²) in [5.74, 6) is -0.647. The first-order chi connectivity index (χ1) is 11.9. The monoisotopic (exact) mass is 332 g/mol. The minimum absolute atomic E-state index is 0.0643. The van der Waals surface area contributed by atoms with Crippen molar-refractivity contribution in [3.8, 4) is 5.75 Å². The first-order valence-electron chi connectivity index (χ1n) is 8.23. The average Bonchev–Trinajstić information content (AvgIpc) is 2.53. The highest BCUT2D eigenvalue weighted by Gasteiger charge is 2.20. The molecule has 0 heterocycles. The van der Waals surface area contributed by atoms with Gasteiger partial charge in [-0.05, 0) is 60.4 Å². The van der Waals surface area contributed by atoms with E-state index in [0.29, 0.717) is 11.1 Å².